The molecule has 0 N–H and O–H groups in total. The molecule has 1 aliphatic heterocycles. The van der Waals surface area contributed by atoms with Gasteiger partial charge >= 0.3 is 17.9 Å². The highest BCUT2D eigenvalue weighted by Crippen LogP contribution is 2.38. The van der Waals surface area contributed by atoms with Gasteiger partial charge in [0.2, 0.25) is 5.90 Å². The van der Waals surface area contributed by atoms with Crippen molar-refractivity contribution in [1.29, 1.82) is 0 Å². The van der Waals surface area contributed by atoms with E-state index in [0.29, 0.717) is 6.42 Å². The normalized spacial score (nSPS) is 21.7. The number of ether oxygens (including phenoxy) is 4. The van der Waals surface area contributed by atoms with Crippen molar-refractivity contribution < 1.29 is 33.3 Å². The molecule has 152 valence electrons. The second-order valence-corrected chi connectivity index (χ2v) is 8.34. The summed E-state index contributed by atoms with van der Waals surface area (Å²) >= 11 is 0. The Balaban J connectivity index is 3.63. The van der Waals surface area contributed by atoms with Gasteiger partial charge in [0.05, 0.1) is 19.8 Å². The number of aliphatic imine (C=N–C) groups is 1. The summed E-state index contributed by atoms with van der Waals surface area (Å²) < 4.78 is 20.5. The molecule has 0 bridgehead atoms. The van der Waals surface area contributed by atoms with Gasteiger partial charge in [-0.15, -0.1) is 0 Å². The Morgan fingerprint density at radius 2 is 1.56 bits per heavy atom. The molecule has 1 atom stereocenters. The summed E-state index contributed by atoms with van der Waals surface area (Å²) in [7, 11) is 2.32. The summed E-state index contributed by atoms with van der Waals surface area (Å²) in [6.07, 6.45) is 0.666. The molecule has 0 aliphatic carbocycles. The van der Waals surface area contributed by atoms with Gasteiger partial charge in [-0.1, -0.05) is 20.8 Å². The molecule has 0 spiro atoms. The van der Waals surface area contributed by atoms with Crippen LogP contribution in [-0.4, -0.2) is 49.4 Å². The lowest BCUT2D eigenvalue weighted by molar-refractivity contribution is -0.181. The third kappa shape index (κ3) is 5.55. The maximum atomic E-state index is 12.4. The van der Waals surface area contributed by atoms with E-state index in [4.69, 9.17) is 18.9 Å². The molecule has 1 heterocycles. The van der Waals surface area contributed by atoms with Crippen molar-refractivity contribution in [2.75, 3.05) is 14.2 Å². The fourth-order valence-electron chi connectivity index (χ4n) is 3.34. The molecule has 0 saturated heterocycles. The number of hydrogen-bond donors (Lipinski definition) is 0. The van der Waals surface area contributed by atoms with Crippen LogP contribution in [0.2, 0.25) is 0 Å². The zero-order chi connectivity index (χ0) is 21.2. The van der Waals surface area contributed by atoms with Crippen LogP contribution in [0.5, 0.6) is 0 Å². The lowest BCUT2D eigenvalue weighted by Crippen LogP contribution is -2.37. The predicted molar refractivity (Wildman–Crippen MR) is 97.9 cm³/mol. The second-order valence-electron chi connectivity index (χ2n) is 8.34. The molecule has 0 radical (unpaired) electrons. The van der Waals surface area contributed by atoms with Crippen LogP contribution in [0, 0.1) is 5.41 Å². The summed E-state index contributed by atoms with van der Waals surface area (Å²) in [5.74, 6) is -4.38. The number of hydrogen-bond acceptors (Lipinski definition) is 8. The molecule has 8 nitrogen and oxygen atoms in total. The Morgan fingerprint density at radius 1 is 1.04 bits per heavy atom. The molecule has 0 aromatic heterocycles. The molecule has 1 unspecified atom stereocenters. The monoisotopic (exact) mass is 383 g/mol. The minimum absolute atomic E-state index is 0.0499. The first-order valence-electron chi connectivity index (χ1n) is 8.56. The van der Waals surface area contributed by atoms with E-state index in [1.54, 1.807) is 0 Å². The molecular weight excluding hydrogens is 354 g/mol. The van der Waals surface area contributed by atoms with E-state index >= 15 is 0 Å². The number of methoxy groups -OCH3 is 2. The van der Waals surface area contributed by atoms with Crippen molar-refractivity contribution in [1.82, 2.24) is 0 Å². The standard InChI is InChI=1S/C19H29NO7/c1-11(21)26-19(7)13(16(23)25-9)12(15(22)24-8)14(27-19)20-18(5,6)10-17(2,3)4/h10H2,1-9H3. The molecule has 0 fully saturated rings. The molecule has 1 rings (SSSR count). The zero-order valence-corrected chi connectivity index (χ0v) is 17.5. The molecule has 27 heavy (non-hydrogen) atoms. The third-order valence-corrected chi connectivity index (χ3v) is 3.69. The van der Waals surface area contributed by atoms with Crippen LogP contribution in [0.1, 0.15) is 54.9 Å². The Morgan fingerprint density at radius 3 is 1.96 bits per heavy atom. The zero-order valence-electron chi connectivity index (χ0n) is 17.5. The number of esters is 3. The Kier molecular flexibility index (Phi) is 6.46. The van der Waals surface area contributed by atoms with Gasteiger partial charge in [-0.2, -0.15) is 0 Å². The summed E-state index contributed by atoms with van der Waals surface area (Å²) in [5.41, 5.74) is -1.16. The van der Waals surface area contributed by atoms with E-state index in [-0.39, 0.29) is 22.5 Å². The largest absolute Gasteiger partial charge is 0.465 e. The molecule has 0 aromatic carbocycles. The quantitative estimate of drug-likeness (QED) is 0.531. The van der Waals surface area contributed by atoms with Gasteiger partial charge in [0.15, 0.2) is 0 Å². The van der Waals surface area contributed by atoms with Crippen molar-refractivity contribution in [3.63, 3.8) is 0 Å². The molecule has 1 aliphatic rings. The van der Waals surface area contributed by atoms with Crippen LogP contribution < -0.4 is 0 Å². The van der Waals surface area contributed by atoms with Crippen molar-refractivity contribution in [3.8, 4) is 0 Å². The van der Waals surface area contributed by atoms with E-state index in [1.165, 1.54) is 21.0 Å². The third-order valence-electron chi connectivity index (χ3n) is 3.69. The summed E-state index contributed by atoms with van der Waals surface area (Å²) in [6.45, 7) is 12.5. The summed E-state index contributed by atoms with van der Waals surface area (Å²) in [4.78, 5) is 40.9. The highest BCUT2D eigenvalue weighted by atomic mass is 16.7. The SMILES string of the molecule is COC(=O)C1=C(C(=O)OC)C(C)(OC(C)=O)OC1=NC(C)(C)CC(C)(C)C. The van der Waals surface area contributed by atoms with Crippen LogP contribution in [0.25, 0.3) is 0 Å². The smallest absolute Gasteiger partial charge is 0.344 e. The highest BCUT2D eigenvalue weighted by molar-refractivity contribution is 6.23. The predicted octanol–water partition coefficient (Wildman–Crippen LogP) is 2.55. The topological polar surface area (TPSA) is 100 Å². The van der Waals surface area contributed by atoms with Crippen LogP contribution in [0.3, 0.4) is 0 Å². The van der Waals surface area contributed by atoms with Gasteiger partial charge in [0.1, 0.15) is 11.1 Å². The average molecular weight is 383 g/mol. The first-order valence-corrected chi connectivity index (χ1v) is 8.56. The molecule has 0 amide bonds. The number of carbonyl (C=O) groups excluding carboxylic acids is 3. The Hall–Kier alpha value is -2.38. The van der Waals surface area contributed by atoms with Crippen LogP contribution in [-0.2, 0) is 33.3 Å². The first-order chi connectivity index (χ1) is 12.2. The Labute approximate surface area is 159 Å². The summed E-state index contributed by atoms with van der Waals surface area (Å²) in [6, 6.07) is 0. The maximum absolute atomic E-state index is 12.4. The summed E-state index contributed by atoms with van der Waals surface area (Å²) in [5, 5.41) is 0. The minimum atomic E-state index is -1.85. The van der Waals surface area contributed by atoms with Gasteiger partial charge in [-0.3, -0.25) is 4.79 Å². The van der Waals surface area contributed by atoms with Crippen molar-refractivity contribution in [2.45, 2.75) is 66.2 Å². The van der Waals surface area contributed by atoms with E-state index in [0.717, 1.165) is 7.11 Å². The van der Waals surface area contributed by atoms with Gasteiger partial charge in [0, 0.05) is 13.8 Å². The number of nitrogens with zero attached hydrogens (tertiary/aromatic N) is 1. The van der Waals surface area contributed by atoms with Crippen molar-refractivity contribution >= 4 is 23.8 Å². The lowest BCUT2D eigenvalue weighted by atomic mass is 9.82. The fourth-order valence-corrected chi connectivity index (χ4v) is 3.34. The first kappa shape index (κ1) is 22.7. The minimum Gasteiger partial charge on any atom is -0.465 e. The molecule has 0 aromatic rings. The van der Waals surface area contributed by atoms with E-state index in [2.05, 4.69) is 25.8 Å². The van der Waals surface area contributed by atoms with Gasteiger partial charge in [0.25, 0.3) is 5.79 Å². The van der Waals surface area contributed by atoms with Crippen molar-refractivity contribution in [3.05, 3.63) is 11.1 Å². The Bertz CT molecular complexity index is 697. The molecule has 8 heteroatoms. The number of rotatable bonds is 5. The van der Waals surface area contributed by atoms with Gasteiger partial charge in [-0.05, 0) is 25.7 Å². The fraction of sp³-hybridized carbons (Fsp3) is 0.684. The van der Waals surface area contributed by atoms with Crippen LogP contribution >= 0.6 is 0 Å². The lowest BCUT2D eigenvalue weighted by Gasteiger charge is -2.30. The second kappa shape index (κ2) is 7.70. The number of carbonyl (C=O) groups is 3. The molecular formula is C19H29NO7. The van der Waals surface area contributed by atoms with E-state index in [1.807, 2.05) is 13.8 Å². The van der Waals surface area contributed by atoms with Crippen LogP contribution in [0.15, 0.2) is 16.1 Å². The average Bonchev–Trinajstić information content (AvgIpc) is 2.73. The van der Waals surface area contributed by atoms with E-state index in [9.17, 15) is 14.4 Å². The van der Waals surface area contributed by atoms with Crippen molar-refractivity contribution in [2.24, 2.45) is 10.4 Å². The molecule has 0 saturated carbocycles. The van der Waals surface area contributed by atoms with Gasteiger partial charge < -0.3 is 18.9 Å². The maximum Gasteiger partial charge on any atom is 0.344 e. The van der Waals surface area contributed by atoms with Gasteiger partial charge in [-0.25, -0.2) is 14.6 Å². The van der Waals surface area contributed by atoms with Crippen LogP contribution in [0.4, 0.5) is 0 Å². The highest BCUT2D eigenvalue weighted by Gasteiger charge is 2.53. The van der Waals surface area contributed by atoms with E-state index < -0.39 is 29.2 Å².